The van der Waals surface area contributed by atoms with E-state index in [0.29, 0.717) is 19.0 Å². The first-order chi connectivity index (χ1) is 11.8. The molecule has 0 bridgehead atoms. The van der Waals surface area contributed by atoms with Crippen molar-refractivity contribution in [3.8, 4) is 11.5 Å². The molecule has 0 aromatic carbocycles. The van der Waals surface area contributed by atoms with Crippen molar-refractivity contribution in [3.05, 3.63) is 18.1 Å². The Labute approximate surface area is 143 Å². The van der Waals surface area contributed by atoms with Gasteiger partial charge in [0, 0.05) is 26.0 Å². The van der Waals surface area contributed by atoms with E-state index in [1.54, 1.807) is 0 Å². The van der Waals surface area contributed by atoms with E-state index in [0.717, 1.165) is 50.5 Å². The zero-order valence-electron chi connectivity index (χ0n) is 14.6. The molecule has 1 aliphatic heterocycles. The first-order valence-electron chi connectivity index (χ1n) is 8.97. The zero-order chi connectivity index (χ0) is 16.8. The summed E-state index contributed by atoms with van der Waals surface area (Å²) in [5, 5.41) is 9.25. The minimum atomic E-state index is 0.205. The van der Waals surface area contributed by atoms with Crippen molar-refractivity contribution in [3.63, 3.8) is 0 Å². The van der Waals surface area contributed by atoms with Crippen molar-refractivity contribution in [1.82, 2.24) is 24.5 Å². The molecule has 7 nitrogen and oxygen atoms in total. The smallest absolute Gasteiger partial charge is 0.179 e. The molecule has 1 unspecified atom stereocenters. The summed E-state index contributed by atoms with van der Waals surface area (Å²) < 4.78 is 15.2. The van der Waals surface area contributed by atoms with E-state index < -0.39 is 0 Å². The summed E-state index contributed by atoms with van der Waals surface area (Å²) in [5.74, 6) is 1.50. The number of hydrogen-bond donors (Lipinski definition) is 0. The Morgan fingerprint density at radius 1 is 1.29 bits per heavy atom. The third kappa shape index (κ3) is 4.21. The molecule has 3 heterocycles. The van der Waals surface area contributed by atoms with Gasteiger partial charge in [0.1, 0.15) is 12.3 Å². The second kappa shape index (κ2) is 8.39. The van der Waals surface area contributed by atoms with Crippen LogP contribution in [0.5, 0.6) is 0 Å². The normalized spacial score (nSPS) is 18.2. The van der Waals surface area contributed by atoms with Crippen molar-refractivity contribution in [1.29, 1.82) is 0 Å². The van der Waals surface area contributed by atoms with Gasteiger partial charge in [0.25, 0.3) is 0 Å². The number of aryl methyl sites for hydroxylation is 1. The SMILES string of the molecule is CCCn1ccc(-c2nc(COCC)nn2CC2CCCCO2)n1. The van der Waals surface area contributed by atoms with E-state index >= 15 is 0 Å². The van der Waals surface area contributed by atoms with Gasteiger partial charge in [-0.05, 0) is 38.7 Å². The van der Waals surface area contributed by atoms with Crippen molar-refractivity contribution in [2.24, 2.45) is 0 Å². The van der Waals surface area contributed by atoms with E-state index in [1.165, 1.54) is 6.42 Å². The average Bonchev–Trinajstić information content (AvgIpc) is 3.21. The van der Waals surface area contributed by atoms with Crippen LogP contribution in [-0.2, 0) is 29.2 Å². The van der Waals surface area contributed by atoms with Crippen molar-refractivity contribution < 1.29 is 9.47 Å². The van der Waals surface area contributed by atoms with Gasteiger partial charge in [-0.1, -0.05) is 6.92 Å². The number of ether oxygens (including phenoxy) is 2. The van der Waals surface area contributed by atoms with Gasteiger partial charge in [-0.3, -0.25) is 4.68 Å². The molecule has 3 rings (SSSR count). The summed E-state index contributed by atoms with van der Waals surface area (Å²) in [7, 11) is 0. The Balaban J connectivity index is 1.82. The molecule has 2 aromatic rings. The Hall–Kier alpha value is -1.73. The van der Waals surface area contributed by atoms with E-state index in [9.17, 15) is 0 Å². The van der Waals surface area contributed by atoms with Gasteiger partial charge in [-0.2, -0.15) is 10.2 Å². The van der Waals surface area contributed by atoms with E-state index in [4.69, 9.17) is 9.47 Å². The molecule has 7 heteroatoms. The Bertz CT molecular complexity index is 631. The summed E-state index contributed by atoms with van der Waals surface area (Å²) in [5.41, 5.74) is 0.856. The first kappa shape index (κ1) is 17.1. The Morgan fingerprint density at radius 2 is 2.21 bits per heavy atom. The highest BCUT2D eigenvalue weighted by Gasteiger charge is 2.20. The predicted octanol–water partition coefficient (Wildman–Crippen LogP) is 2.66. The zero-order valence-corrected chi connectivity index (χ0v) is 14.6. The third-order valence-electron chi connectivity index (χ3n) is 4.12. The number of rotatable bonds is 8. The maximum Gasteiger partial charge on any atom is 0.179 e. The van der Waals surface area contributed by atoms with Crippen LogP contribution in [0.4, 0.5) is 0 Å². The first-order valence-corrected chi connectivity index (χ1v) is 8.97. The molecule has 0 amide bonds. The molecule has 0 aliphatic carbocycles. The number of aromatic nitrogens is 5. The van der Waals surface area contributed by atoms with Gasteiger partial charge < -0.3 is 9.47 Å². The standard InChI is InChI=1S/C17H27N5O2/c1-3-9-21-10-8-15(19-21)17-18-16(13-23-4-2)20-22(17)12-14-7-5-6-11-24-14/h8,10,14H,3-7,9,11-13H2,1-2H3. The molecule has 1 saturated heterocycles. The van der Waals surface area contributed by atoms with Gasteiger partial charge in [0.05, 0.1) is 12.6 Å². The number of hydrogen-bond acceptors (Lipinski definition) is 5. The maximum absolute atomic E-state index is 5.86. The summed E-state index contributed by atoms with van der Waals surface area (Å²) in [4.78, 5) is 4.65. The molecule has 0 N–H and O–H groups in total. The van der Waals surface area contributed by atoms with E-state index in [1.807, 2.05) is 28.6 Å². The van der Waals surface area contributed by atoms with Gasteiger partial charge >= 0.3 is 0 Å². The van der Waals surface area contributed by atoms with Crippen molar-refractivity contribution in [2.75, 3.05) is 13.2 Å². The quantitative estimate of drug-likeness (QED) is 0.743. The fourth-order valence-corrected chi connectivity index (χ4v) is 2.94. The van der Waals surface area contributed by atoms with Crippen LogP contribution in [0.25, 0.3) is 11.5 Å². The van der Waals surface area contributed by atoms with Gasteiger partial charge in [0.15, 0.2) is 11.6 Å². The van der Waals surface area contributed by atoms with Crippen LogP contribution in [0.3, 0.4) is 0 Å². The van der Waals surface area contributed by atoms with Crippen LogP contribution >= 0.6 is 0 Å². The highest BCUT2D eigenvalue weighted by Crippen LogP contribution is 2.20. The molecule has 0 spiro atoms. The van der Waals surface area contributed by atoms with E-state index in [-0.39, 0.29) is 6.10 Å². The summed E-state index contributed by atoms with van der Waals surface area (Å²) >= 11 is 0. The topological polar surface area (TPSA) is 67.0 Å². The monoisotopic (exact) mass is 333 g/mol. The summed E-state index contributed by atoms with van der Waals surface area (Å²) in [6, 6.07) is 2.00. The molecule has 1 aliphatic rings. The highest BCUT2D eigenvalue weighted by molar-refractivity contribution is 5.48. The molecule has 0 radical (unpaired) electrons. The molecule has 0 saturated carbocycles. The highest BCUT2D eigenvalue weighted by atomic mass is 16.5. The average molecular weight is 333 g/mol. The molecule has 24 heavy (non-hydrogen) atoms. The fraction of sp³-hybridized carbons (Fsp3) is 0.706. The lowest BCUT2D eigenvalue weighted by atomic mass is 10.1. The molecular formula is C17H27N5O2. The fourth-order valence-electron chi connectivity index (χ4n) is 2.94. The predicted molar refractivity (Wildman–Crippen MR) is 90.5 cm³/mol. The molecule has 1 fully saturated rings. The second-order valence-electron chi connectivity index (χ2n) is 6.12. The van der Waals surface area contributed by atoms with Crippen LogP contribution < -0.4 is 0 Å². The third-order valence-corrected chi connectivity index (χ3v) is 4.12. The van der Waals surface area contributed by atoms with Gasteiger partial charge in [0.2, 0.25) is 0 Å². The lowest BCUT2D eigenvalue weighted by Crippen LogP contribution is -2.25. The van der Waals surface area contributed by atoms with Crippen LogP contribution in [0.2, 0.25) is 0 Å². The molecular weight excluding hydrogens is 306 g/mol. The minimum absolute atomic E-state index is 0.205. The maximum atomic E-state index is 5.86. The second-order valence-corrected chi connectivity index (χ2v) is 6.12. The van der Waals surface area contributed by atoms with Crippen molar-refractivity contribution >= 4 is 0 Å². The Morgan fingerprint density at radius 3 is 2.96 bits per heavy atom. The van der Waals surface area contributed by atoms with Crippen molar-refractivity contribution in [2.45, 2.75) is 65.3 Å². The summed E-state index contributed by atoms with van der Waals surface area (Å²) in [6.07, 6.45) is 6.70. The minimum Gasteiger partial charge on any atom is -0.376 e. The summed E-state index contributed by atoms with van der Waals surface area (Å²) in [6.45, 7) is 7.66. The Kier molecular flexibility index (Phi) is 5.98. The number of nitrogens with zero attached hydrogens (tertiary/aromatic N) is 5. The molecule has 2 aromatic heterocycles. The van der Waals surface area contributed by atoms with Gasteiger partial charge in [-0.15, -0.1) is 0 Å². The van der Waals surface area contributed by atoms with Crippen LogP contribution in [0.1, 0.15) is 45.4 Å². The lowest BCUT2D eigenvalue weighted by molar-refractivity contribution is 0.00405. The largest absolute Gasteiger partial charge is 0.376 e. The lowest BCUT2D eigenvalue weighted by Gasteiger charge is -2.22. The molecule has 1 atom stereocenters. The van der Waals surface area contributed by atoms with Crippen LogP contribution in [0, 0.1) is 0 Å². The van der Waals surface area contributed by atoms with Crippen LogP contribution in [0.15, 0.2) is 12.3 Å². The van der Waals surface area contributed by atoms with E-state index in [2.05, 4.69) is 22.1 Å². The van der Waals surface area contributed by atoms with Crippen LogP contribution in [-0.4, -0.2) is 43.9 Å². The van der Waals surface area contributed by atoms with Gasteiger partial charge in [-0.25, -0.2) is 9.67 Å². The molecule has 132 valence electrons.